The summed E-state index contributed by atoms with van der Waals surface area (Å²) in [7, 11) is -4.64. The van der Waals surface area contributed by atoms with Gasteiger partial charge in [-0.25, -0.2) is 4.57 Å². The zero-order chi connectivity index (χ0) is 35.9. The maximum Gasteiger partial charge on any atom is 0.466 e. The molecule has 0 aromatic rings. The molecule has 2 rings (SSSR count). The summed E-state index contributed by atoms with van der Waals surface area (Å²) < 4.78 is 20.3. The molecule has 5 N–H and O–H groups in total. The van der Waals surface area contributed by atoms with Gasteiger partial charge >= 0.3 is 7.82 Å². The molecule has 49 heavy (non-hydrogen) atoms. The Morgan fingerprint density at radius 1 is 0.449 bits per heavy atom. The van der Waals surface area contributed by atoms with E-state index >= 15 is 0 Å². The Bertz CT molecular complexity index is 617. The molecule has 0 spiro atoms. The van der Waals surface area contributed by atoms with Crippen LogP contribution < -0.4 is 10.6 Å². The van der Waals surface area contributed by atoms with Crippen LogP contribution in [0.1, 0.15) is 206 Å². The van der Waals surface area contributed by atoms with Crippen molar-refractivity contribution in [2.45, 2.75) is 219 Å². The van der Waals surface area contributed by atoms with E-state index in [2.05, 4.69) is 24.5 Å². The van der Waals surface area contributed by atoms with E-state index in [9.17, 15) is 0 Å². The number of hydrogen-bond acceptors (Lipinski definition) is 5. The molecular weight excluding hydrogens is 635 g/mol. The zero-order valence-electron chi connectivity index (χ0n) is 32.6. The summed E-state index contributed by atoms with van der Waals surface area (Å²) in [6, 6.07) is 0. The molecule has 2 fully saturated rings. The quantitative estimate of drug-likeness (QED) is 0.0367. The first-order valence-corrected chi connectivity index (χ1v) is 22.9. The molecule has 0 aliphatic carbocycles. The van der Waals surface area contributed by atoms with Crippen molar-refractivity contribution in [1.82, 2.24) is 10.6 Å². The zero-order valence-corrected chi connectivity index (χ0v) is 33.5. The van der Waals surface area contributed by atoms with Gasteiger partial charge in [0, 0.05) is 26.2 Å². The molecule has 0 amide bonds. The second kappa shape index (κ2) is 39.2. The lowest BCUT2D eigenvalue weighted by molar-refractivity contribution is 0.0219. The summed E-state index contributed by atoms with van der Waals surface area (Å²) in [5.41, 5.74) is 0. The number of nitrogens with one attached hydrogen (secondary N) is 2. The molecule has 0 saturated carbocycles. The van der Waals surface area contributed by atoms with Crippen LogP contribution >= 0.6 is 7.82 Å². The third-order valence-electron chi connectivity index (χ3n) is 9.77. The van der Waals surface area contributed by atoms with Gasteiger partial charge in [-0.2, -0.15) is 0 Å². The average molecular weight is 721 g/mol. The lowest BCUT2D eigenvalue weighted by Crippen LogP contribution is -2.38. The fourth-order valence-corrected chi connectivity index (χ4v) is 6.74. The number of ether oxygens (including phenoxy) is 2. The van der Waals surface area contributed by atoms with Gasteiger partial charge in [0.05, 0.1) is 25.4 Å². The van der Waals surface area contributed by atoms with Crippen molar-refractivity contribution in [3.8, 4) is 0 Å². The van der Waals surface area contributed by atoms with E-state index in [1.807, 2.05) is 0 Å². The molecule has 0 aromatic heterocycles. The van der Waals surface area contributed by atoms with Gasteiger partial charge in [0.25, 0.3) is 0 Å². The Hall–Kier alpha value is -0.0500. The lowest BCUT2D eigenvalue weighted by Gasteiger charge is -2.23. The highest BCUT2D eigenvalue weighted by Crippen LogP contribution is 2.26. The molecule has 2 aliphatic rings. The van der Waals surface area contributed by atoms with Gasteiger partial charge in [-0.3, -0.25) is 0 Å². The molecule has 0 radical (unpaired) electrons. The molecule has 2 heterocycles. The van der Waals surface area contributed by atoms with Crippen LogP contribution in [0, 0.1) is 0 Å². The summed E-state index contributed by atoms with van der Waals surface area (Å²) in [6.45, 7) is 10.6. The summed E-state index contributed by atoms with van der Waals surface area (Å²) >= 11 is 0. The SMILES string of the molecule is CCCCCCCCCCCCCCCCC1CNCCO1.CCCCCCCCCCCCCCCCC1CNCCO1.O=P(O)(O)O. The van der Waals surface area contributed by atoms with Crippen LogP contribution in [0.3, 0.4) is 0 Å². The van der Waals surface area contributed by atoms with E-state index in [1.165, 1.54) is 193 Å². The highest BCUT2D eigenvalue weighted by atomic mass is 31.2. The second-order valence-corrected chi connectivity index (χ2v) is 15.7. The molecular formula is C40H85N2O6P. The minimum Gasteiger partial charge on any atom is -0.376 e. The van der Waals surface area contributed by atoms with Gasteiger partial charge in [-0.1, -0.05) is 194 Å². The summed E-state index contributed by atoms with van der Waals surface area (Å²) in [5, 5.41) is 6.82. The van der Waals surface area contributed by atoms with Gasteiger partial charge in [0.15, 0.2) is 0 Å². The summed E-state index contributed by atoms with van der Waals surface area (Å²) in [6.07, 6.45) is 43.8. The number of unbranched alkanes of at least 4 members (excludes halogenated alkanes) is 26. The van der Waals surface area contributed by atoms with Gasteiger partial charge < -0.3 is 34.8 Å². The van der Waals surface area contributed by atoms with Crippen molar-refractivity contribution in [3.05, 3.63) is 0 Å². The van der Waals surface area contributed by atoms with Crippen molar-refractivity contribution in [1.29, 1.82) is 0 Å². The number of hydrogen-bond donors (Lipinski definition) is 5. The maximum atomic E-state index is 8.88. The van der Waals surface area contributed by atoms with E-state index in [0.29, 0.717) is 12.2 Å². The Balaban J connectivity index is 0.000000826. The number of rotatable bonds is 30. The van der Waals surface area contributed by atoms with Crippen molar-refractivity contribution in [2.75, 3.05) is 39.4 Å². The molecule has 2 aliphatic heterocycles. The summed E-state index contributed by atoms with van der Waals surface area (Å²) in [5.74, 6) is 0. The van der Waals surface area contributed by atoms with Crippen LogP contribution in [-0.2, 0) is 14.0 Å². The molecule has 296 valence electrons. The third-order valence-corrected chi connectivity index (χ3v) is 9.77. The topological polar surface area (TPSA) is 120 Å². The molecule has 2 atom stereocenters. The first-order valence-electron chi connectivity index (χ1n) is 21.3. The van der Waals surface area contributed by atoms with Crippen molar-refractivity contribution in [3.63, 3.8) is 0 Å². The Labute approximate surface area is 304 Å². The van der Waals surface area contributed by atoms with Crippen LogP contribution in [0.5, 0.6) is 0 Å². The number of morpholine rings is 2. The minimum absolute atomic E-state index is 0.492. The predicted molar refractivity (Wildman–Crippen MR) is 209 cm³/mol. The largest absolute Gasteiger partial charge is 0.466 e. The first kappa shape index (κ1) is 49.0. The molecule has 2 unspecified atom stereocenters. The monoisotopic (exact) mass is 721 g/mol. The van der Waals surface area contributed by atoms with Gasteiger partial charge in [-0.05, 0) is 12.8 Å². The van der Waals surface area contributed by atoms with Gasteiger partial charge in [-0.15, -0.1) is 0 Å². The van der Waals surface area contributed by atoms with E-state index in [-0.39, 0.29) is 0 Å². The Morgan fingerprint density at radius 2 is 0.673 bits per heavy atom. The van der Waals surface area contributed by atoms with Crippen LogP contribution in [0.2, 0.25) is 0 Å². The minimum atomic E-state index is -4.64. The average Bonchev–Trinajstić information content (AvgIpc) is 3.09. The second-order valence-electron chi connectivity index (χ2n) is 14.7. The van der Waals surface area contributed by atoms with Crippen molar-refractivity contribution < 1.29 is 28.7 Å². The molecule has 9 heteroatoms. The standard InChI is InChI=1S/2C20H41NO.H3O4P/c2*1-2-3-4-5-6-7-8-9-10-11-12-13-14-15-16-20-19-21-17-18-22-20;1-5(2,3)4/h2*20-21H,2-19H2,1H3;(H3,1,2,3,4). The fraction of sp³-hybridized carbons (Fsp3) is 1.00. The van der Waals surface area contributed by atoms with Crippen molar-refractivity contribution in [2.24, 2.45) is 0 Å². The van der Waals surface area contributed by atoms with E-state index in [4.69, 9.17) is 28.7 Å². The fourth-order valence-electron chi connectivity index (χ4n) is 6.74. The number of phosphoric acid groups is 1. The molecule has 0 aromatic carbocycles. The summed E-state index contributed by atoms with van der Waals surface area (Å²) in [4.78, 5) is 21.6. The molecule has 8 nitrogen and oxygen atoms in total. The van der Waals surface area contributed by atoms with E-state index in [0.717, 1.165) is 39.4 Å². The molecule has 2 saturated heterocycles. The van der Waals surface area contributed by atoms with Crippen LogP contribution in [0.25, 0.3) is 0 Å². The lowest BCUT2D eigenvalue weighted by atomic mass is 10.0. The van der Waals surface area contributed by atoms with E-state index < -0.39 is 7.82 Å². The van der Waals surface area contributed by atoms with Gasteiger partial charge in [0.1, 0.15) is 0 Å². The Morgan fingerprint density at radius 3 is 0.878 bits per heavy atom. The Kier molecular flexibility index (Phi) is 39.1. The predicted octanol–water partition coefficient (Wildman–Crippen LogP) is 10.8. The highest BCUT2D eigenvalue weighted by Gasteiger charge is 2.13. The van der Waals surface area contributed by atoms with Crippen LogP contribution in [-0.4, -0.2) is 66.3 Å². The smallest absolute Gasteiger partial charge is 0.376 e. The highest BCUT2D eigenvalue weighted by molar-refractivity contribution is 7.45. The van der Waals surface area contributed by atoms with E-state index in [1.54, 1.807) is 0 Å². The van der Waals surface area contributed by atoms with Crippen LogP contribution in [0.4, 0.5) is 0 Å². The third kappa shape index (κ3) is 44.0. The van der Waals surface area contributed by atoms with Crippen LogP contribution in [0.15, 0.2) is 0 Å². The normalized spacial score (nSPS) is 18.0. The molecule has 0 bridgehead atoms. The van der Waals surface area contributed by atoms with Crippen molar-refractivity contribution >= 4 is 7.82 Å². The maximum absolute atomic E-state index is 8.88. The van der Waals surface area contributed by atoms with Gasteiger partial charge in [0.2, 0.25) is 0 Å². The first-order chi connectivity index (χ1) is 23.9.